The maximum absolute atomic E-state index is 14.1. The zero-order chi connectivity index (χ0) is 16.7. The van der Waals surface area contributed by atoms with Crippen LogP contribution < -0.4 is 5.32 Å². The maximum Gasteiger partial charge on any atom is 0.257 e. The number of hydrogen-bond donors (Lipinski definition) is 1. The van der Waals surface area contributed by atoms with Gasteiger partial charge in [0.15, 0.2) is 11.5 Å². The molecule has 0 radical (unpaired) electrons. The Morgan fingerprint density at radius 3 is 2.92 bits per heavy atom. The van der Waals surface area contributed by atoms with E-state index in [2.05, 4.69) is 20.3 Å². The highest BCUT2D eigenvalue weighted by Crippen LogP contribution is 2.19. The van der Waals surface area contributed by atoms with Crippen LogP contribution in [0.3, 0.4) is 0 Å². The lowest BCUT2D eigenvalue weighted by Gasteiger charge is -2.08. The lowest BCUT2D eigenvalue weighted by atomic mass is 10.1. The summed E-state index contributed by atoms with van der Waals surface area (Å²) in [6.07, 6.45) is 6.40. The molecule has 3 aromatic heterocycles. The molecule has 0 fully saturated rings. The summed E-state index contributed by atoms with van der Waals surface area (Å²) < 4.78 is 15.7. The van der Waals surface area contributed by atoms with Crippen molar-refractivity contribution in [1.82, 2.24) is 19.4 Å². The van der Waals surface area contributed by atoms with Gasteiger partial charge in [-0.2, -0.15) is 0 Å². The summed E-state index contributed by atoms with van der Waals surface area (Å²) in [7, 11) is 0. The van der Waals surface area contributed by atoms with E-state index in [0.717, 1.165) is 0 Å². The second kappa shape index (κ2) is 5.38. The molecule has 0 spiro atoms. The number of aryl methyl sites for hydroxylation is 1. The molecule has 6 nitrogen and oxygen atoms in total. The van der Waals surface area contributed by atoms with Crippen LogP contribution in [0.2, 0.25) is 0 Å². The fourth-order valence-corrected chi connectivity index (χ4v) is 2.62. The van der Waals surface area contributed by atoms with Crippen molar-refractivity contribution in [3.63, 3.8) is 0 Å². The van der Waals surface area contributed by atoms with Crippen molar-refractivity contribution in [2.45, 2.75) is 6.92 Å². The predicted molar refractivity (Wildman–Crippen MR) is 87.4 cm³/mol. The number of rotatable bonds is 2. The minimum atomic E-state index is -0.501. The molecule has 0 unspecified atom stereocenters. The smallest absolute Gasteiger partial charge is 0.257 e. The molecule has 0 atom stereocenters. The predicted octanol–water partition coefficient (Wildman–Crippen LogP) is 2.98. The maximum atomic E-state index is 14.1. The van der Waals surface area contributed by atoms with Crippen molar-refractivity contribution in [3.8, 4) is 0 Å². The molecule has 0 aliphatic rings. The minimum Gasteiger partial charge on any atom is -0.320 e. The molecule has 1 N–H and O–H groups in total. The lowest BCUT2D eigenvalue weighted by Crippen LogP contribution is -2.13. The van der Waals surface area contributed by atoms with Gasteiger partial charge in [-0.15, -0.1) is 0 Å². The number of halogens is 1. The number of benzene rings is 1. The zero-order valence-corrected chi connectivity index (χ0v) is 12.7. The zero-order valence-electron chi connectivity index (χ0n) is 12.7. The van der Waals surface area contributed by atoms with Crippen LogP contribution in [-0.2, 0) is 0 Å². The first-order chi connectivity index (χ1) is 11.6. The summed E-state index contributed by atoms with van der Waals surface area (Å²) in [5.74, 6) is -0.879. The first-order valence-corrected chi connectivity index (χ1v) is 7.28. The van der Waals surface area contributed by atoms with Crippen molar-refractivity contribution in [1.29, 1.82) is 0 Å². The van der Waals surface area contributed by atoms with Crippen LogP contribution in [0.4, 0.5) is 10.1 Å². The summed E-state index contributed by atoms with van der Waals surface area (Å²) in [6, 6.07) is 6.41. The van der Waals surface area contributed by atoms with Gasteiger partial charge in [-0.25, -0.2) is 9.37 Å². The Kier molecular flexibility index (Phi) is 3.19. The molecule has 118 valence electrons. The number of anilines is 1. The van der Waals surface area contributed by atoms with E-state index in [-0.39, 0.29) is 11.6 Å². The third-order valence-corrected chi connectivity index (χ3v) is 3.63. The first kappa shape index (κ1) is 14.3. The number of nitrogens with zero attached hydrogens (tertiary/aromatic N) is 4. The van der Waals surface area contributed by atoms with Crippen molar-refractivity contribution >= 4 is 28.3 Å². The molecule has 4 rings (SSSR count). The van der Waals surface area contributed by atoms with E-state index in [1.807, 2.05) is 0 Å². The molecule has 0 saturated carbocycles. The quantitative estimate of drug-likeness (QED) is 0.616. The van der Waals surface area contributed by atoms with Gasteiger partial charge < -0.3 is 9.72 Å². The molecule has 7 heteroatoms. The number of amides is 1. The standard InChI is InChI=1S/C17H12FN5O/c1-10-8-23-9-11(7-13(18)16(23)21-10)22-17(24)12-3-2-4-14-15(12)20-6-5-19-14/h2-9H,1H3,(H,22,24). The van der Waals surface area contributed by atoms with Crippen LogP contribution >= 0.6 is 0 Å². The highest BCUT2D eigenvalue weighted by molar-refractivity contribution is 6.11. The van der Waals surface area contributed by atoms with E-state index in [4.69, 9.17) is 0 Å². The summed E-state index contributed by atoms with van der Waals surface area (Å²) >= 11 is 0. The molecular weight excluding hydrogens is 309 g/mol. The van der Waals surface area contributed by atoms with Crippen LogP contribution in [0.15, 0.2) is 49.1 Å². The third-order valence-electron chi connectivity index (χ3n) is 3.63. The van der Waals surface area contributed by atoms with Crippen molar-refractivity contribution in [2.24, 2.45) is 0 Å². The molecule has 0 aliphatic carbocycles. The lowest BCUT2D eigenvalue weighted by molar-refractivity contribution is 0.102. The van der Waals surface area contributed by atoms with Gasteiger partial charge in [-0.3, -0.25) is 14.8 Å². The van der Waals surface area contributed by atoms with E-state index < -0.39 is 5.82 Å². The molecule has 1 amide bonds. The number of carbonyl (C=O) groups excluding carboxylic acids is 1. The Morgan fingerprint density at radius 2 is 2.04 bits per heavy atom. The van der Waals surface area contributed by atoms with Gasteiger partial charge in [0.2, 0.25) is 0 Å². The number of hydrogen-bond acceptors (Lipinski definition) is 4. The number of pyridine rings is 1. The van der Waals surface area contributed by atoms with Crippen molar-refractivity contribution in [3.05, 3.63) is 66.1 Å². The molecule has 1 aromatic carbocycles. The molecular formula is C17H12FN5O. The third kappa shape index (κ3) is 2.36. The van der Waals surface area contributed by atoms with E-state index >= 15 is 0 Å². The summed E-state index contributed by atoms with van der Waals surface area (Å²) in [5.41, 5.74) is 2.75. The van der Waals surface area contributed by atoms with Gasteiger partial charge in [0.1, 0.15) is 5.52 Å². The fourth-order valence-electron chi connectivity index (χ4n) is 2.62. The molecule has 3 heterocycles. The SMILES string of the molecule is Cc1cn2cc(NC(=O)c3cccc4nccnc34)cc(F)c2n1. The highest BCUT2D eigenvalue weighted by atomic mass is 19.1. The van der Waals surface area contributed by atoms with Crippen LogP contribution in [0.25, 0.3) is 16.7 Å². The topological polar surface area (TPSA) is 72.2 Å². The minimum absolute atomic E-state index is 0.224. The molecule has 0 bridgehead atoms. The van der Waals surface area contributed by atoms with E-state index in [1.54, 1.807) is 48.1 Å². The summed E-state index contributed by atoms with van der Waals surface area (Å²) in [5, 5.41) is 2.70. The summed E-state index contributed by atoms with van der Waals surface area (Å²) in [4.78, 5) is 25.0. The average Bonchev–Trinajstić information content (AvgIpc) is 2.95. The Bertz CT molecular complexity index is 1080. The highest BCUT2D eigenvalue weighted by Gasteiger charge is 2.13. The number of carbonyl (C=O) groups is 1. The van der Waals surface area contributed by atoms with E-state index in [1.165, 1.54) is 12.3 Å². The fraction of sp³-hybridized carbons (Fsp3) is 0.0588. The van der Waals surface area contributed by atoms with E-state index in [0.29, 0.717) is 28.0 Å². The van der Waals surface area contributed by atoms with Crippen LogP contribution in [0, 0.1) is 12.7 Å². The monoisotopic (exact) mass is 321 g/mol. The molecule has 24 heavy (non-hydrogen) atoms. The van der Waals surface area contributed by atoms with Crippen molar-refractivity contribution in [2.75, 3.05) is 5.32 Å². The Labute approximate surface area is 136 Å². The van der Waals surface area contributed by atoms with Crippen molar-refractivity contribution < 1.29 is 9.18 Å². The molecule has 0 aliphatic heterocycles. The van der Waals surface area contributed by atoms with Gasteiger partial charge in [-0.05, 0) is 19.1 Å². The average molecular weight is 321 g/mol. The Morgan fingerprint density at radius 1 is 1.21 bits per heavy atom. The number of nitrogens with one attached hydrogen (secondary N) is 1. The van der Waals surface area contributed by atoms with E-state index in [9.17, 15) is 9.18 Å². The second-order valence-corrected chi connectivity index (χ2v) is 5.37. The number of fused-ring (bicyclic) bond motifs is 2. The van der Waals surface area contributed by atoms with Crippen LogP contribution in [0.5, 0.6) is 0 Å². The number of imidazole rings is 1. The van der Waals surface area contributed by atoms with Gasteiger partial charge in [-0.1, -0.05) is 6.07 Å². The number of para-hydroxylation sites is 1. The van der Waals surface area contributed by atoms with Gasteiger partial charge in [0, 0.05) is 30.9 Å². The first-order valence-electron chi connectivity index (χ1n) is 7.28. The van der Waals surface area contributed by atoms with Gasteiger partial charge in [0.05, 0.1) is 22.5 Å². The van der Waals surface area contributed by atoms with Gasteiger partial charge >= 0.3 is 0 Å². The number of aromatic nitrogens is 4. The van der Waals surface area contributed by atoms with Gasteiger partial charge in [0.25, 0.3) is 5.91 Å². The summed E-state index contributed by atoms with van der Waals surface area (Å²) in [6.45, 7) is 1.78. The Balaban J connectivity index is 1.73. The second-order valence-electron chi connectivity index (χ2n) is 5.37. The Hall–Kier alpha value is -3.35. The van der Waals surface area contributed by atoms with Crippen LogP contribution in [0.1, 0.15) is 16.1 Å². The molecule has 0 saturated heterocycles. The largest absolute Gasteiger partial charge is 0.320 e. The normalized spacial score (nSPS) is 11.1. The van der Waals surface area contributed by atoms with Crippen LogP contribution in [-0.4, -0.2) is 25.3 Å². The molecule has 4 aromatic rings.